The molecule has 118 valence electrons. The van der Waals surface area contributed by atoms with Gasteiger partial charge >= 0.3 is 0 Å². The number of hydrogen-bond donors (Lipinski definition) is 1. The number of hydrogen-bond acceptors (Lipinski definition) is 2. The minimum atomic E-state index is 0.195. The first kappa shape index (κ1) is 16.5. The molecule has 1 aromatic rings. The average Bonchev–Trinajstić information content (AvgIpc) is 3.26. The van der Waals surface area contributed by atoms with E-state index >= 15 is 0 Å². The minimum Gasteiger partial charge on any atom is -0.311 e. The van der Waals surface area contributed by atoms with Gasteiger partial charge in [0.15, 0.2) is 0 Å². The van der Waals surface area contributed by atoms with E-state index in [0.717, 1.165) is 19.1 Å². The molecule has 1 unspecified atom stereocenters. The molecule has 1 saturated carbocycles. The summed E-state index contributed by atoms with van der Waals surface area (Å²) in [4.78, 5) is 2.60. The lowest BCUT2D eigenvalue weighted by atomic mass is 9.98. The second-order valence-corrected chi connectivity index (χ2v) is 7.57. The lowest BCUT2D eigenvalue weighted by molar-refractivity contribution is 0.269. The monoisotopic (exact) mass is 288 g/mol. The molecular formula is C19H32N2. The number of nitrogens with one attached hydrogen (secondary N) is 1. The Bertz CT molecular complexity index is 426. The van der Waals surface area contributed by atoms with Crippen molar-refractivity contribution in [2.45, 2.75) is 71.5 Å². The van der Waals surface area contributed by atoms with Crippen molar-refractivity contribution < 1.29 is 0 Å². The van der Waals surface area contributed by atoms with Crippen LogP contribution in [0.3, 0.4) is 0 Å². The maximum atomic E-state index is 3.59. The van der Waals surface area contributed by atoms with Crippen LogP contribution in [0.15, 0.2) is 24.3 Å². The number of rotatable bonds is 7. The minimum absolute atomic E-state index is 0.195. The second-order valence-electron chi connectivity index (χ2n) is 7.57. The largest absolute Gasteiger partial charge is 0.311 e. The molecule has 0 heterocycles. The third kappa shape index (κ3) is 5.44. The highest BCUT2D eigenvalue weighted by molar-refractivity contribution is 5.25. The molecule has 0 saturated heterocycles. The Balaban J connectivity index is 1.88. The summed E-state index contributed by atoms with van der Waals surface area (Å²) in [6.45, 7) is 14.5. The van der Waals surface area contributed by atoms with E-state index < -0.39 is 0 Å². The molecule has 1 aromatic carbocycles. The van der Waals surface area contributed by atoms with Crippen molar-refractivity contribution in [2.24, 2.45) is 0 Å². The molecule has 21 heavy (non-hydrogen) atoms. The maximum absolute atomic E-state index is 3.59. The molecule has 0 radical (unpaired) electrons. The molecule has 1 N–H and O–H groups in total. The van der Waals surface area contributed by atoms with Gasteiger partial charge in [-0.1, -0.05) is 38.1 Å². The fraction of sp³-hybridized carbons (Fsp3) is 0.684. The molecule has 1 aliphatic rings. The summed E-state index contributed by atoms with van der Waals surface area (Å²) in [5, 5.41) is 3.59. The maximum Gasteiger partial charge on any atom is 0.0236 e. The topological polar surface area (TPSA) is 15.3 Å². The first-order chi connectivity index (χ1) is 9.89. The lowest BCUT2D eigenvalue weighted by Gasteiger charge is -2.24. The summed E-state index contributed by atoms with van der Waals surface area (Å²) in [5.74, 6) is 0.559. The van der Waals surface area contributed by atoms with Crippen molar-refractivity contribution >= 4 is 0 Å². The van der Waals surface area contributed by atoms with Gasteiger partial charge in [-0.3, -0.25) is 4.90 Å². The van der Waals surface area contributed by atoms with E-state index in [0.29, 0.717) is 5.92 Å². The zero-order valence-corrected chi connectivity index (χ0v) is 14.4. The summed E-state index contributed by atoms with van der Waals surface area (Å²) in [6.07, 6.45) is 2.78. The van der Waals surface area contributed by atoms with E-state index in [1.54, 1.807) is 0 Å². The van der Waals surface area contributed by atoms with Gasteiger partial charge in [0.05, 0.1) is 0 Å². The summed E-state index contributed by atoms with van der Waals surface area (Å²) in [5.41, 5.74) is 3.08. The van der Waals surface area contributed by atoms with Gasteiger partial charge in [-0.05, 0) is 57.2 Å². The number of nitrogens with zero attached hydrogens (tertiary/aromatic N) is 1. The van der Waals surface area contributed by atoms with Gasteiger partial charge in [0.1, 0.15) is 0 Å². The summed E-state index contributed by atoms with van der Waals surface area (Å²) >= 11 is 0. The van der Waals surface area contributed by atoms with Gasteiger partial charge in [-0.15, -0.1) is 0 Å². The van der Waals surface area contributed by atoms with Crippen molar-refractivity contribution in [1.82, 2.24) is 10.2 Å². The van der Waals surface area contributed by atoms with E-state index in [1.165, 1.54) is 30.5 Å². The molecule has 2 heteroatoms. The molecule has 2 nitrogen and oxygen atoms in total. The molecule has 0 aliphatic heterocycles. The molecule has 1 atom stereocenters. The molecule has 2 rings (SSSR count). The Labute approximate surface area is 130 Å². The molecular weight excluding hydrogens is 256 g/mol. The first-order valence-electron chi connectivity index (χ1n) is 8.47. The predicted octanol–water partition coefficient (Wildman–Crippen LogP) is 4.16. The van der Waals surface area contributed by atoms with Crippen LogP contribution in [0.4, 0.5) is 0 Å². The Morgan fingerprint density at radius 3 is 2.29 bits per heavy atom. The van der Waals surface area contributed by atoms with Gasteiger partial charge in [0, 0.05) is 24.7 Å². The van der Waals surface area contributed by atoms with Crippen molar-refractivity contribution in [3.05, 3.63) is 35.4 Å². The average molecular weight is 288 g/mol. The van der Waals surface area contributed by atoms with Crippen LogP contribution in [0, 0.1) is 0 Å². The van der Waals surface area contributed by atoms with Crippen molar-refractivity contribution in [3.8, 4) is 0 Å². The summed E-state index contributed by atoms with van der Waals surface area (Å²) in [6, 6.07) is 10.1. The Hall–Kier alpha value is -0.860. The van der Waals surface area contributed by atoms with Crippen LogP contribution in [-0.4, -0.2) is 29.6 Å². The van der Waals surface area contributed by atoms with Gasteiger partial charge in [0.2, 0.25) is 0 Å². The SMILES string of the molecule is CCN(Cc1ccc(C(C)CNC(C)(C)C)cc1)C1CC1. The molecule has 0 spiro atoms. The van der Waals surface area contributed by atoms with Gasteiger partial charge in [0.25, 0.3) is 0 Å². The van der Waals surface area contributed by atoms with E-state index in [2.05, 4.69) is 69.1 Å². The first-order valence-corrected chi connectivity index (χ1v) is 8.47. The predicted molar refractivity (Wildman–Crippen MR) is 91.7 cm³/mol. The molecule has 1 fully saturated rings. The highest BCUT2D eigenvalue weighted by atomic mass is 15.2. The highest BCUT2D eigenvalue weighted by Crippen LogP contribution is 2.28. The standard InChI is InChI=1S/C19H32N2/c1-6-21(18-11-12-18)14-16-7-9-17(10-8-16)15(2)13-20-19(3,4)5/h7-10,15,18,20H,6,11-14H2,1-5H3. The summed E-state index contributed by atoms with van der Waals surface area (Å²) < 4.78 is 0. The van der Waals surface area contributed by atoms with Crippen LogP contribution in [-0.2, 0) is 6.54 Å². The van der Waals surface area contributed by atoms with Crippen molar-refractivity contribution in [3.63, 3.8) is 0 Å². The van der Waals surface area contributed by atoms with Crippen LogP contribution in [0.1, 0.15) is 64.5 Å². The zero-order valence-electron chi connectivity index (χ0n) is 14.4. The molecule has 0 bridgehead atoms. The second kappa shape index (κ2) is 6.93. The Kier molecular flexibility index (Phi) is 5.45. The molecule has 0 aromatic heterocycles. The van der Waals surface area contributed by atoms with Crippen LogP contribution in [0.2, 0.25) is 0 Å². The van der Waals surface area contributed by atoms with Crippen molar-refractivity contribution in [2.75, 3.05) is 13.1 Å². The molecule has 1 aliphatic carbocycles. The third-order valence-corrected chi connectivity index (χ3v) is 4.34. The van der Waals surface area contributed by atoms with Gasteiger partial charge in [-0.25, -0.2) is 0 Å². The highest BCUT2D eigenvalue weighted by Gasteiger charge is 2.27. The fourth-order valence-electron chi connectivity index (χ4n) is 2.70. The fourth-order valence-corrected chi connectivity index (χ4v) is 2.70. The lowest BCUT2D eigenvalue weighted by Crippen LogP contribution is -2.38. The van der Waals surface area contributed by atoms with Crippen LogP contribution in [0.5, 0.6) is 0 Å². The van der Waals surface area contributed by atoms with Gasteiger partial charge in [-0.2, -0.15) is 0 Å². The van der Waals surface area contributed by atoms with Gasteiger partial charge < -0.3 is 5.32 Å². The Morgan fingerprint density at radius 1 is 1.19 bits per heavy atom. The molecule has 0 amide bonds. The van der Waals surface area contributed by atoms with Crippen LogP contribution >= 0.6 is 0 Å². The Morgan fingerprint density at radius 2 is 1.81 bits per heavy atom. The van der Waals surface area contributed by atoms with E-state index in [1.807, 2.05) is 0 Å². The van der Waals surface area contributed by atoms with Crippen LogP contribution in [0.25, 0.3) is 0 Å². The summed E-state index contributed by atoms with van der Waals surface area (Å²) in [7, 11) is 0. The third-order valence-electron chi connectivity index (χ3n) is 4.34. The smallest absolute Gasteiger partial charge is 0.0236 e. The van der Waals surface area contributed by atoms with E-state index in [9.17, 15) is 0 Å². The van der Waals surface area contributed by atoms with Crippen LogP contribution < -0.4 is 5.32 Å². The van der Waals surface area contributed by atoms with E-state index in [-0.39, 0.29) is 5.54 Å². The number of benzene rings is 1. The zero-order chi connectivity index (χ0) is 15.5. The van der Waals surface area contributed by atoms with E-state index in [4.69, 9.17) is 0 Å². The quantitative estimate of drug-likeness (QED) is 0.810. The van der Waals surface area contributed by atoms with Crippen molar-refractivity contribution in [1.29, 1.82) is 0 Å². The normalized spacial score (nSPS) is 17.2.